The van der Waals surface area contributed by atoms with Gasteiger partial charge in [-0.2, -0.15) is 0 Å². The van der Waals surface area contributed by atoms with E-state index in [9.17, 15) is 13.5 Å². The molecule has 4 atom stereocenters. The molecular formula is C25H38N2O3S. The summed E-state index contributed by atoms with van der Waals surface area (Å²) >= 11 is 0. The first kappa shape index (κ1) is 23.9. The molecule has 6 heteroatoms. The third kappa shape index (κ3) is 4.29. The van der Waals surface area contributed by atoms with E-state index >= 15 is 0 Å². The Kier molecular flexibility index (Phi) is 6.64. The molecule has 0 amide bonds. The monoisotopic (exact) mass is 446 g/mol. The van der Waals surface area contributed by atoms with Crippen LogP contribution in [0.25, 0.3) is 0 Å². The van der Waals surface area contributed by atoms with Crippen molar-refractivity contribution in [1.82, 2.24) is 0 Å². The van der Waals surface area contributed by atoms with Crippen LogP contribution in [0.4, 0.5) is 5.69 Å². The van der Waals surface area contributed by atoms with Gasteiger partial charge in [-0.15, -0.1) is 0 Å². The number of hydrogen-bond acceptors (Lipinski definition) is 5. The minimum Gasteiger partial charge on any atom is -0.402 e. The number of hydrogen-bond donors (Lipinski definition) is 2. The molecule has 0 saturated carbocycles. The number of rotatable bonds is 6. The summed E-state index contributed by atoms with van der Waals surface area (Å²) in [6.45, 7) is 6.22. The first-order valence-corrected chi connectivity index (χ1v) is 13.0. The number of aliphatic hydroxyl groups excluding tert-OH is 1. The maximum absolute atomic E-state index is 13.7. The summed E-state index contributed by atoms with van der Waals surface area (Å²) in [5, 5.41) is 12.0. The van der Waals surface area contributed by atoms with Crippen LogP contribution in [0, 0.1) is 10.8 Å². The van der Waals surface area contributed by atoms with Gasteiger partial charge in [0.1, 0.15) is 0 Å². The van der Waals surface area contributed by atoms with Crippen molar-refractivity contribution < 1.29 is 13.5 Å². The van der Waals surface area contributed by atoms with E-state index in [0.29, 0.717) is 29.7 Å². The lowest BCUT2D eigenvalue weighted by atomic mass is 9.60. The zero-order chi connectivity index (χ0) is 23.0. The molecule has 5 nitrogen and oxygen atoms in total. The van der Waals surface area contributed by atoms with Gasteiger partial charge in [0.05, 0.1) is 16.8 Å². The second kappa shape index (κ2) is 8.62. The summed E-state index contributed by atoms with van der Waals surface area (Å²) < 4.78 is 27.4. The highest BCUT2D eigenvalue weighted by molar-refractivity contribution is 7.91. The minimum absolute atomic E-state index is 0.0202. The van der Waals surface area contributed by atoms with Crippen LogP contribution in [-0.4, -0.2) is 39.5 Å². The number of nitrogens with two attached hydrogens (primary N) is 1. The zero-order valence-electron chi connectivity index (χ0n) is 19.6. The number of benzene rings is 1. The molecule has 3 rings (SSSR count). The van der Waals surface area contributed by atoms with Crippen LogP contribution in [-0.2, 0) is 9.84 Å². The molecule has 0 bridgehead atoms. The fourth-order valence-electron chi connectivity index (χ4n) is 5.52. The van der Waals surface area contributed by atoms with Crippen LogP contribution >= 0.6 is 0 Å². The van der Waals surface area contributed by atoms with E-state index in [0.717, 1.165) is 24.2 Å². The Labute approximate surface area is 187 Å². The Morgan fingerprint density at radius 3 is 2.55 bits per heavy atom. The van der Waals surface area contributed by atoms with Crippen molar-refractivity contribution in [1.29, 1.82) is 0 Å². The molecule has 1 heterocycles. The highest BCUT2D eigenvalue weighted by atomic mass is 32.2. The number of anilines is 1. The van der Waals surface area contributed by atoms with Crippen molar-refractivity contribution in [2.24, 2.45) is 16.6 Å². The number of unbranched alkanes of at least 4 members (excludes halogenated alkanes) is 1. The minimum atomic E-state index is -3.56. The third-order valence-corrected chi connectivity index (χ3v) is 9.41. The summed E-state index contributed by atoms with van der Waals surface area (Å²) in [6, 6.07) is 5.55. The van der Waals surface area contributed by atoms with Gasteiger partial charge in [0.2, 0.25) is 0 Å². The fraction of sp³-hybridized carbons (Fsp3) is 0.600. The lowest BCUT2D eigenvalue weighted by molar-refractivity contribution is -0.0177. The quantitative estimate of drug-likeness (QED) is 0.677. The van der Waals surface area contributed by atoms with Gasteiger partial charge in [-0.1, -0.05) is 45.8 Å². The summed E-state index contributed by atoms with van der Waals surface area (Å²) in [5.74, 6) is -0.395. The summed E-state index contributed by atoms with van der Waals surface area (Å²) in [4.78, 5) is 2.33. The summed E-state index contributed by atoms with van der Waals surface area (Å²) in [7, 11) is 0.322. The smallest absolute Gasteiger partial charge is 0.179 e. The maximum atomic E-state index is 13.7. The topological polar surface area (TPSA) is 83.6 Å². The van der Waals surface area contributed by atoms with E-state index in [1.54, 1.807) is 6.07 Å². The van der Waals surface area contributed by atoms with E-state index in [1.165, 1.54) is 0 Å². The highest BCUT2D eigenvalue weighted by Gasteiger charge is 2.53. The van der Waals surface area contributed by atoms with Gasteiger partial charge in [0.15, 0.2) is 9.84 Å². The Hall–Kier alpha value is -1.79. The molecule has 0 radical (unpaired) electrons. The first-order chi connectivity index (χ1) is 14.5. The molecule has 1 aliphatic heterocycles. The van der Waals surface area contributed by atoms with Crippen molar-refractivity contribution in [2.45, 2.75) is 69.8 Å². The molecule has 1 aromatic rings. The average molecular weight is 447 g/mol. The molecule has 1 aliphatic carbocycles. The number of sulfone groups is 1. The van der Waals surface area contributed by atoms with E-state index in [-0.39, 0.29) is 11.7 Å². The van der Waals surface area contributed by atoms with Gasteiger partial charge in [-0.25, -0.2) is 8.42 Å². The molecule has 2 aliphatic rings. The van der Waals surface area contributed by atoms with Crippen molar-refractivity contribution in [3.63, 3.8) is 0 Å². The average Bonchev–Trinajstić information content (AvgIpc) is 2.77. The van der Waals surface area contributed by atoms with Gasteiger partial charge in [0, 0.05) is 42.2 Å². The maximum Gasteiger partial charge on any atom is 0.179 e. The first-order valence-electron chi connectivity index (χ1n) is 11.4. The molecule has 0 spiro atoms. The van der Waals surface area contributed by atoms with Crippen LogP contribution in [0.2, 0.25) is 0 Å². The second-order valence-corrected chi connectivity index (χ2v) is 11.9. The Morgan fingerprint density at radius 1 is 1.26 bits per heavy atom. The van der Waals surface area contributed by atoms with Gasteiger partial charge >= 0.3 is 0 Å². The van der Waals surface area contributed by atoms with Crippen LogP contribution in [0.5, 0.6) is 0 Å². The number of allylic oxidation sites excluding steroid dienone is 4. The Bertz CT molecular complexity index is 982. The highest BCUT2D eigenvalue weighted by Crippen LogP contribution is 2.55. The van der Waals surface area contributed by atoms with E-state index in [2.05, 4.69) is 19.9 Å². The summed E-state index contributed by atoms with van der Waals surface area (Å²) in [5.41, 5.74) is 7.46. The van der Waals surface area contributed by atoms with E-state index < -0.39 is 26.8 Å². The van der Waals surface area contributed by atoms with Crippen molar-refractivity contribution in [2.75, 3.05) is 24.7 Å². The predicted molar refractivity (Wildman–Crippen MR) is 128 cm³/mol. The molecule has 3 N–H and O–H groups in total. The molecule has 0 fully saturated rings. The molecular weight excluding hydrogens is 408 g/mol. The van der Waals surface area contributed by atoms with Gasteiger partial charge in [-0.05, 0) is 49.1 Å². The Morgan fingerprint density at radius 2 is 1.97 bits per heavy atom. The van der Waals surface area contributed by atoms with Crippen molar-refractivity contribution in [3.8, 4) is 0 Å². The van der Waals surface area contributed by atoms with Gasteiger partial charge in [0.25, 0.3) is 0 Å². The Balaban J connectivity index is 2.31. The standard InChI is InChI=1S/C25H38N2O3S/c1-6-8-14-25(7-2)17-31(29,30)21-12-11-19(27(4)5)15-20(21)22(23(25)28)24(3)13-9-10-18(26)16-24/h9-13,15,22-23,28H,6-8,14,16-17,26H2,1-5H3/t22-,23-,24?,25-/m0/s1. The SMILES string of the molecule is CCCC[C@@]1(CC)CS(=O)(=O)c2ccc(N(C)C)cc2[C@H](C2(C)C=CC=C(N)C2)[C@@H]1O. The molecule has 172 valence electrons. The number of aliphatic hydroxyl groups is 1. The van der Waals surface area contributed by atoms with Gasteiger partial charge in [-0.3, -0.25) is 0 Å². The van der Waals surface area contributed by atoms with Crippen LogP contribution < -0.4 is 10.6 Å². The largest absolute Gasteiger partial charge is 0.402 e. The fourth-order valence-corrected chi connectivity index (χ4v) is 7.77. The van der Waals surface area contributed by atoms with Crippen molar-refractivity contribution >= 4 is 15.5 Å². The molecule has 0 saturated heterocycles. The second-order valence-electron chi connectivity index (χ2n) is 9.90. The van der Waals surface area contributed by atoms with Crippen LogP contribution in [0.3, 0.4) is 0 Å². The molecule has 1 unspecified atom stereocenters. The van der Waals surface area contributed by atoms with E-state index in [1.807, 2.05) is 50.2 Å². The van der Waals surface area contributed by atoms with E-state index in [4.69, 9.17) is 5.73 Å². The third-order valence-electron chi connectivity index (χ3n) is 7.42. The number of nitrogens with zero attached hydrogens (tertiary/aromatic N) is 1. The summed E-state index contributed by atoms with van der Waals surface area (Å²) in [6.07, 6.45) is 8.89. The lowest BCUT2D eigenvalue weighted by Crippen LogP contribution is -2.46. The molecule has 0 aromatic heterocycles. The van der Waals surface area contributed by atoms with Gasteiger partial charge < -0.3 is 15.7 Å². The van der Waals surface area contributed by atoms with Crippen LogP contribution in [0.15, 0.2) is 47.0 Å². The normalized spacial score (nSPS) is 32.1. The van der Waals surface area contributed by atoms with Crippen LogP contribution in [0.1, 0.15) is 64.4 Å². The number of fused-ring (bicyclic) bond motifs is 1. The molecule has 1 aromatic carbocycles. The lowest BCUT2D eigenvalue weighted by Gasteiger charge is -2.46. The zero-order valence-corrected chi connectivity index (χ0v) is 20.4. The molecule has 31 heavy (non-hydrogen) atoms. The predicted octanol–water partition coefficient (Wildman–Crippen LogP) is 4.38. The van der Waals surface area contributed by atoms with Crippen molar-refractivity contribution in [3.05, 3.63) is 47.7 Å².